The Labute approximate surface area is 117 Å². The van der Waals surface area contributed by atoms with Gasteiger partial charge in [-0.2, -0.15) is 0 Å². The van der Waals surface area contributed by atoms with Crippen LogP contribution in [0, 0.1) is 13.8 Å². The van der Waals surface area contributed by atoms with Crippen LogP contribution in [-0.4, -0.2) is 29.4 Å². The summed E-state index contributed by atoms with van der Waals surface area (Å²) >= 11 is 0. The molecule has 2 rings (SSSR count). The van der Waals surface area contributed by atoms with E-state index in [1.165, 1.54) is 0 Å². The van der Waals surface area contributed by atoms with Gasteiger partial charge in [0.15, 0.2) is 0 Å². The predicted octanol–water partition coefficient (Wildman–Crippen LogP) is 0.390. The Bertz CT molecular complexity index is 592. The minimum atomic E-state index is -0.564. The van der Waals surface area contributed by atoms with Crippen molar-refractivity contribution in [3.63, 3.8) is 0 Å². The van der Waals surface area contributed by atoms with Gasteiger partial charge in [0.1, 0.15) is 11.6 Å². The first-order chi connectivity index (χ1) is 9.49. The molecule has 0 bridgehead atoms. The van der Waals surface area contributed by atoms with Crippen molar-refractivity contribution in [2.24, 2.45) is 0 Å². The van der Waals surface area contributed by atoms with Gasteiger partial charge in [0.2, 0.25) is 5.91 Å². The second-order valence-electron chi connectivity index (χ2n) is 5.13. The van der Waals surface area contributed by atoms with E-state index < -0.39 is 17.5 Å². The van der Waals surface area contributed by atoms with E-state index in [2.05, 4.69) is 15.6 Å². The van der Waals surface area contributed by atoms with Gasteiger partial charge in [-0.25, -0.2) is 0 Å². The van der Waals surface area contributed by atoms with E-state index in [1.54, 1.807) is 13.0 Å². The quantitative estimate of drug-likeness (QED) is 0.730. The summed E-state index contributed by atoms with van der Waals surface area (Å²) in [6.45, 7) is 4.23. The van der Waals surface area contributed by atoms with Gasteiger partial charge < -0.3 is 15.6 Å². The molecule has 3 N–H and O–H groups in total. The van der Waals surface area contributed by atoms with Gasteiger partial charge in [-0.3, -0.25) is 14.4 Å². The Balaban J connectivity index is 2.17. The zero-order chi connectivity index (χ0) is 14.7. The largest absolute Gasteiger partial charge is 0.354 e. The van der Waals surface area contributed by atoms with Gasteiger partial charge in [-0.1, -0.05) is 0 Å². The van der Waals surface area contributed by atoms with Gasteiger partial charge in [-0.15, -0.1) is 0 Å². The molecule has 0 saturated carbocycles. The Kier molecular flexibility index (Phi) is 4.22. The summed E-state index contributed by atoms with van der Waals surface area (Å²) in [4.78, 5) is 38.4. The molecular weight excluding hydrogens is 258 g/mol. The first kappa shape index (κ1) is 14.3. The average molecular weight is 277 g/mol. The first-order valence-corrected chi connectivity index (χ1v) is 6.78. The summed E-state index contributed by atoms with van der Waals surface area (Å²) in [6.07, 6.45) is 2.37. The molecule has 20 heavy (non-hydrogen) atoms. The maximum Gasteiger partial charge on any atom is 0.261 e. The molecule has 1 unspecified atom stereocenters. The molecule has 2 amide bonds. The minimum absolute atomic E-state index is 0.0464. The number of aromatic amines is 1. The van der Waals surface area contributed by atoms with Gasteiger partial charge >= 0.3 is 0 Å². The zero-order valence-electron chi connectivity index (χ0n) is 11.7. The van der Waals surface area contributed by atoms with Crippen molar-refractivity contribution >= 4 is 11.8 Å². The minimum Gasteiger partial charge on any atom is -0.354 e. The fourth-order valence-corrected chi connectivity index (χ4v) is 2.21. The third-order valence-electron chi connectivity index (χ3n) is 3.58. The van der Waals surface area contributed by atoms with Crippen LogP contribution in [0.15, 0.2) is 10.9 Å². The topological polar surface area (TPSA) is 91.1 Å². The summed E-state index contributed by atoms with van der Waals surface area (Å²) in [5, 5.41) is 5.39. The van der Waals surface area contributed by atoms with Gasteiger partial charge in [0, 0.05) is 12.2 Å². The number of aryl methyl sites for hydroxylation is 2. The van der Waals surface area contributed by atoms with Crippen LogP contribution >= 0.6 is 0 Å². The molecule has 0 spiro atoms. The van der Waals surface area contributed by atoms with Crippen LogP contribution < -0.4 is 16.2 Å². The van der Waals surface area contributed by atoms with Crippen LogP contribution in [0.1, 0.15) is 40.9 Å². The highest BCUT2D eigenvalue weighted by atomic mass is 16.2. The third kappa shape index (κ3) is 3.07. The normalized spacial score (nSPS) is 19.1. The van der Waals surface area contributed by atoms with Crippen molar-refractivity contribution < 1.29 is 9.59 Å². The summed E-state index contributed by atoms with van der Waals surface area (Å²) < 4.78 is 0. The lowest BCUT2D eigenvalue weighted by atomic mass is 10.1. The maximum atomic E-state index is 12.1. The highest BCUT2D eigenvalue weighted by molar-refractivity contribution is 5.97. The molecule has 6 nitrogen and oxygen atoms in total. The van der Waals surface area contributed by atoms with Crippen LogP contribution in [0.2, 0.25) is 0 Å². The Morgan fingerprint density at radius 3 is 2.80 bits per heavy atom. The molecule has 0 aromatic carbocycles. The van der Waals surface area contributed by atoms with Crippen molar-refractivity contribution in [3.05, 3.63) is 33.2 Å². The number of amides is 2. The Morgan fingerprint density at radius 2 is 2.05 bits per heavy atom. The molecule has 108 valence electrons. The summed E-state index contributed by atoms with van der Waals surface area (Å²) in [6, 6.07) is 0.990. The molecule has 0 aliphatic carbocycles. The summed E-state index contributed by atoms with van der Waals surface area (Å²) in [5.41, 5.74) is 1.18. The molecule has 1 aromatic rings. The number of rotatable bonds is 2. The molecule has 1 aliphatic heterocycles. The number of hydrogen-bond donors (Lipinski definition) is 3. The molecule has 1 saturated heterocycles. The third-order valence-corrected chi connectivity index (χ3v) is 3.58. The second-order valence-corrected chi connectivity index (χ2v) is 5.13. The van der Waals surface area contributed by atoms with Crippen LogP contribution in [0.25, 0.3) is 0 Å². The monoisotopic (exact) mass is 277 g/mol. The maximum absolute atomic E-state index is 12.1. The molecule has 0 radical (unpaired) electrons. The molecule has 6 heteroatoms. The Hall–Kier alpha value is -2.11. The number of carbonyl (C=O) groups is 2. The van der Waals surface area contributed by atoms with Crippen molar-refractivity contribution in [2.75, 3.05) is 6.54 Å². The highest BCUT2D eigenvalue weighted by Crippen LogP contribution is 2.07. The van der Waals surface area contributed by atoms with E-state index in [-0.39, 0.29) is 11.5 Å². The van der Waals surface area contributed by atoms with E-state index in [1.807, 2.05) is 6.92 Å². The van der Waals surface area contributed by atoms with Crippen LogP contribution in [0.3, 0.4) is 0 Å². The van der Waals surface area contributed by atoms with E-state index in [4.69, 9.17) is 0 Å². The molecule has 1 fully saturated rings. The molecule has 1 aliphatic rings. The number of carbonyl (C=O) groups excluding carboxylic acids is 2. The van der Waals surface area contributed by atoms with Gasteiger partial charge in [-0.05, 0) is 44.7 Å². The van der Waals surface area contributed by atoms with Gasteiger partial charge in [0.25, 0.3) is 11.5 Å². The molecular formula is C14H19N3O3. The summed E-state index contributed by atoms with van der Waals surface area (Å²) in [7, 11) is 0. The summed E-state index contributed by atoms with van der Waals surface area (Å²) in [5.74, 6) is -0.687. The number of aromatic nitrogens is 1. The van der Waals surface area contributed by atoms with Crippen LogP contribution in [0.4, 0.5) is 0 Å². The van der Waals surface area contributed by atoms with Crippen LogP contribution in [0.5, 0.6) is 0 Å². The molecule has 1 atom stereocenters. The SMILES string of the molecule is Cc1cc(C(=O)NC2CCCCNC2=O)c(=O)[nH]c1C. The number of pyridine rings is 1. The molecule has 1 aromatic heterocycles. The smallest absolute Gasteiger partial charge is 0.261 e. The van der Waals surface area contributed by atoms with Crippen molar-refractivity contribution in [1.29, 1.82) is 0 Å². The van der Waals surface area contributed by atoms with Crippen LogP contribution in [-0.2, 0) is 4.79 Å². The first-order valence-electron chi connectivity index (χ1n) is 6.78. The van der Waals surface area contributed by atoms with E-state index >= 15 is 0 Å². The van der Waals surface area contributed by atoms with E-state index in [9.17, 15) is 14.4 Å². The van der Waals surface area contributed by atoms with Crippen molar-refractivity contribution in [1.82, 2.24) is 15.6 Å². The van der Waals surface area contributed by atoms with Gasteiger partial charge in [0.05, 0.1) is 0 Å². The molecule has 2 heterocycles. The lowest BCUT2D eigenvalue weighted by molar-refractivity contribution is -0.122. The lowest BCUT2D eigenvalue weighted by Crippen LogP contribution is -2.46. The number of hydrogen-bond acceptors (Lipinski definition) is 3. The van der Waals surface area contributed by atoms with E-state index in [0.717, 1.165) is 24.1 Å². The standard InChI is InChI=1S/C14H19N3O3/c1-8-7-10(12(18)16-9(8)2)13(19)17-11-5-3-4-6-15-14(11)20/h7,11H,3-6H2,1-2H3,(H,15,20)(H,16,18)(H,17,19). The Morgan fingerprint density at radius 1 is 1.30 bits per heavy atom. The fourth-order valence-electron chi connectivity index (χ4n) is 2.21. The lowest BCUT2D eigenvalue weighted by Gasteiger charge is -2.15. The average Bonchev–Trinajstić information content (AvgIpc) is 2.59. The highest BCUT2D eigenvalue weighted by Gasteiger charge is 2.24. The van der Waals surface area contributed by atoms with Crippen molar-refractivity contribution in [3.8, 4) is 0 Å². The fraction of sp³-hybridized carbons (Fsp3) is 0.500. The second kappa shape index (κ2) is 5.90. The zero-order valence-corrected chi connectivity index (χ0v) is 11.7. The number of H-pyrrole nitrogens is 1. The van der Waals surface area contributed by atoms with E-state index in [0.29, 0.717) is 13.0 Å². The predicted molar refractivity (Wildman–Crippen MR) is 74.7 cm³/mol. The van der Waals surface area contributed by atoms with Crippen molar-refractivity contribution in [2.45, 2.75) is 39.2 Å². The number of nitrogens with one attached hydrogen (secondary N) is 3.